The summed E-state index contributed by atoms with van der Waals surface area (Å²) in [5.41, 5.74) is 2.67. The number of halogens is 4. The highest BCUT2D eigenvalue weighted by Crippen LogP contribution is 2.37. The number of nitrogens with two attached hydrogens (primary N) is 1. The average molecular weight is 375 g/mol. The Morgan fingerprint density at radius 1 is 1.16 bits per heavy atom. The fourth-order valence-corrected chi connectivity index (χ4v) is 2.65. The fraction of sp³-hybridized carbons (Fsp3) is 0.267. The molecule has 25 heavy (non-hydrogen) atoms. The number of nitrogens with zero attached hydrogens (tertiary/aromatic N) is 1. The Morgan fingerprint density at radius 2 is 1.72 bits per heavy atom. The van der Waals surface area contributed by atoms with Gasteiger partial charge < -0.3 is 11.1 Å². The van der Waals surface area contributed by atoms with E-state index in [1.165, 1.54) is 13.8 Å². The van der Waals surface area contributed by atoms with Crippen LogP contribution in [0.3, 0.4) is 0 Å². The third-order valence-corrected chi connectivity index (χ3v) is 3.98. The van der Waals surface area contributed by atoms with Gasteiger partial charge in [0.1, 0.15) is 10.7 Å². The second-order valence-corrected chi connectivity index (χ2v) is 6.71. The number of alkyl halides is 3. The maximum absolute atomic E-state index is 13.2. The summed E-state index contributed by atoms with van der Waals surface area (Å²) in [6.45, 7) is 2.73. The Labute approximate surface area is 143 Å². The highest BCUT2D eigenvalue weighted by atomic mass is 32.1. The van der Waals surface area contributed by atoms with Crippen LogP contribution in [0.15, 0.2) is 24.3 Å². The largest absolute Gasteiger partial charge is 0.435 e. The topological polar surface area (TPSA) is 85.1 Å². The predicted octanol–water partition coefficient (Wildman–Crippen LogP) is 3.21. The summed E-state index contributed by atoms with van der Waals surface area (Å²) in [4.78, 5) is 26.7. The van der Waals surface area contributed by atoms with E-state index in [1.54, 1.807) is 0 Å². The number of hydrogen-bond acceptors (Lipinski definition) is 5. The normalized spacial score (nSPS) is 12.1. The van der Waals surface area contributed by atoms with Crippen LogP contribution in [-0.4, -0.2) is 22.2 Å². The van der Waals surface area contributed by atoms with Gasteiger partial charge >= 0.3 is 6.18 Å². The number of carbonyl (C=O) groups is 2. The van der Waals surface area contributed by atoms with Crippen LogP contribution in [0.1, 0.15) is 34.8 Å². The molecule has 134 valence electrons. The molecule has 0 aliphatic rings. The maximum Gasteiger partial charge on any atom is 0.435 e. The van der Waals surface area contributed by atoms with Crippen LogP contribution < -0.4 is 11.1 Å². The Morgan fingerprint density at radius 3 is 2.20 bits per heavy atom. The molecule has 0 saturated carbocycles. The van der Waals surface area contributed by atoms with Crippen molar-refractivity contribution in [2.24, 2.45) is 5.73 Å². The Kier molecular flexibility index (Phi) is 4.96. The van der Waals surface area contributed by atoms with Gasteiger partial charge in [0.05, 0.1) is 5.54 Å². The molecule has 1 heterocycles. The zero-order chi connectivity index (χ0) is 19.0. The molecule has 0 unspecified atom stereocenters. The molecule has 0 spiro atoms. The molecule has 1 aromatic heterocycles. The van der Waals surface area contributed by atoms with E-state index in [4.69, 9.17) is 5.73 Å². The van der Waals surface area contributed by atoms with E-state index >= 15 is 0 Å². The quantitative estimate of drug-likeness (QED) is 0.635. The summed E-state index contributed by atoms with van der Waals surface area (Å²) in [6, 6.07) is 4.06. The van der Waals surface area contributed by atoms with Crippen LogP contribution in [0.4, 0.5) is 22.7 Å². The number of anilines is 1. The summed E-state index contributed by atoms with van der Waals surface area (Å²) in [7, 11) is 0. The first-order valence-electron chi connectivity index (χ1n) is 6.88. The molecule has 2 aromatic rings. The van der Waals surface area contributed by atoms with E-state index in [2.05, 4.69) is 10.3 Å². The van der Waals surface area contributed by atoms with Crippen molar-refractivity contribution in [2.45, 2.75) is 25.6 Å². The Bertz CT molecular complexity index is 808. The van der Waals surface area contributed by atoms with E-state index in [-0.39, 0.29) is 5.56 Å². The van der Waals surface area contributed by atoms with E-state index in [0.29, 0.717) is 11.3 Å². The number of hydrogen-bond donors (Lipinski definition) is 2. The molecular weight excluding hydrogens is 362 g/mol. The molecule has 3 N–H and O–H groups in total. The smallest absolute Gasteiger partial charge is 0.318 e. The Balaban J connectivity index is 2.44. The van der Waals surface area contributed by atoms with Crippen LogP contribution in [0.5, 0.6) is 0 Å². The lowest BCUT2D eigenvalue weighted by atomic mass is 10.1. The van der Waals surface area contributed by atoms with E-state index < -0.39 is 44.9 Å². The summed E-state index contributed by atoms with van der Waals surface area (Å²) in [5, 5.41) is 1.76. The molecule has 10 heteroatoms. The van der Waals surface area contributed by atoms with Crippen molar-refractivity contribution < 1.29 is 27.2 Å². The molecule has 0 aliphatic carbocycles. The van der Waals surface area contributed by atoms with Crippen molar-refractivity contribution in [1.82, 2.24) is 4.98 Å². The molecule has 1 amide bonds. The second kappa shape index (κ2) is 6.52. The standard InChI is InChI=1S/C15H13F4N3O2S/c1-14(2,20)12(24)22-13-21-11(15(17,18)19)10(25-13)9(23)7-3-5-8(16)6-4-7/h3-6H,20H2,1-2H3,(H,21,22,24). The SMILES string of the molecule is CC(C)(N)C(=O)Nc1nc(C(F)(F)F)c(C(=O)c2ccc(F)cc2)s1. The van der Waals surface area contributed by atoms with Gasteiger partial charge in [-0.1, -0.05) is 11.3 Å². The first-order chi connectivity index (χ1) is 11.4. The van der Waals surface area contributed by atoms with E-state index in [1.807, 2.05) is 0 Å². The zero-order valence-electron chi connectivity index (χ0n) is 13.1. The van der Waals surface area contributed by atoms with Crippen molar-refractivity contribution in [2.75, 3.05) is 5.32 Å². The number of ketones is 1. The zero-order valence-corrected chi connectivity index (χ0v) is 13.9. The number of thiazole rings is 1. The molecule has 0 aliphatic heterocycles. The van der Waals surface area contributed by atoms with Gasteiger partial charge in [-0.15, -0.1) is 0 Å². The maximum atomic E-state index is 13.2. The summed E-state index contributed by atoms with van der Waals surface area (Å²) >= 11 is 0.376. The molecule has 0 fully saturated rings. The number of nitrogens with one attached hydrogen (secondary N) is 1. The average Bonchev–Trinajstić information content (AvgIpc) is 2.90. The molecule has 2 rings (SSSR count). The third-order valence-electron chi connectivity index (χ3n) is 3.01. The molecule has 0 bridgehead atoms. The Hall–Kier alpha value is -2.33. The lowest BCUT2D eigenvalue weighted by molar-refractivity contribution is -0.141. The highest BCUT2D eigenvalue weighted by Gasteiger charge is 2.40. The van der Waals surface area contributed by atoms with Crippen LogP contribution in [0.2, 0.25) is 0 Å². The van der Waals surface area contributed by atoms with Crippen molar-refractivity contribution in [3.05, 3.63) is 46.2 Å². The van der Waals surface area contributed by atoms with Gasteiger partial charge in [-0.2, -0.15) is 13.2 Å². The van der Waals surface area contributed by atoms with E-state index in [9.17, 15) is 27.2 Å². The first kappa shape index (κ1) is 19.0. The minimum absolute atomic E-state index is 0.132. The minimum atomic E-state index is -4.90. The second-order valence-electron chi connectivity index (χ2n) is 5.71. The molecule has 1 aromatic carbocycles. The summed E-state index contributed by atoms with van der Waals surface area (Å²) in [6.07, 6.45) is -4.90. The molecule has 0 atom stereocenters. The van der Waals surface area contributed by atoms with Crippen LogP contribution >= 0.6 is 11.3 Å². The molecule has 0 saturated heterocycles. The third kappa shape index (κ3) is 4.40. The highest BCUT2D eigenvalue weighted by molar-refractivity contribution is 7.18. The van der Waals surface area contributed by atoms with Gasteiger partial charge in [0.15, 0.2) is 10.8 Å². The van der Waals surface area contributed by atoms with Gasteiger partial charge in [-0.3, -0.25) is 9.59 Å². The van der Waals surface area contributed by atoms with Gasteiger partial charge in [0.25, 0.3) is 0 Å². The van der Waals surface area contributed by atoms with Gasteiger partial charge in [-0.25, -0.2) is 9.37 Å². The lowest BCUT2D eigenvalue weighted by Gasteiger charge is -2.16. The number of rotatable bonds is 4. The van der Waals surface area contributed by atoms with Crippen molar-refractivity contribution >= 4 is 28.2 Å². The summed E-state index contributed by atoms with van der Waals surface area (Å²) < 4.78 is 52.4. The number of aromatic nitrogens is 1. The fourth-order valence-electron chi connectivity index (χ4n) is 1.71. The molecule has 0 radical (unpaired) electrons. The number of amides is 1. The molecular formula is C15H13F4N3O2S. The van der Waals surface area contributed by atoms with Crippen molar-refractivity contribution in [3.8, 4) is 0 Å². The first-order valence-corrected chi connectivity index (χ1v) is 7.70. The monoisotopic (exact) mass is 375 g/mol. The van der Waals surface area contributed by atoms with Gasteiger partial charge in [-0.05, 0) is 38.1 Å². The number of benzene rings is 1. The predicted molar refractivity (Wildman–Crippen MR) is 83.8 cm³/mol. The van der Waals surface area contributed by atoms with Crippen LogP contribution in [0.25, 0.3) is 0 Å². The molecule has 5 nitrogen and oxygen atoms in total. The lowest BCUT2D eigenvalue weighted by Crippen LogP contribution is -2.45. The van der Waals surface area contributed by atoms with Gasteiger partial charge in [0.2, 0.25) is 11.7 Å². The van der Waals surface area contributed by atoms with Crippen LogP contribution in [-0.2, 0) is 11.0 Å². The van der Waals surface area contributed by atoms with Gasteiger partial charge in [0, 0.05) is 5.56 Å². The summed E-state index contributed by atoms with van der Waals surface area (Å²) in [5.74, 6) is -2.36. The minimum Gasteiger partial charge on any atom is -0.318 e. The van der Waals surface area contributed by atoms with E-state index in [0.717, 1.165) is 24.3 Å². The van der Waals surface area contributed by atoms with Crippen molar-refractivity contribution in [3.63, 3.8) is 0 Å². The number of carbonyl (C=O) groups excluding carboxylic acids is 2. The van der Waals surface area contributed by atoms with Crippen molar-refractivity contribution in [1.29, 1.82) is 0 Å². The van der Waals surface area contributed by atoms with Crippen LogP contribution in [0, 0.1) is 5.82 Å².